The summed E-state index contributed by atoms with van der Waals surface area (Å²) in [5.41, 5.74) is 3.94. The number of methoxy groups -OCH3 is 2. The van der Waals surface area contributed by atoms with E-state index in [1.807, 2.05) is 66.9 Å². The van der Waals surface area contributed by atoms with Crippen molar-refractivity contribution in [3.8, 4) is 43.9 Å². The molecule has 164 valence electrons. The largest absolute Gasteiger partial charge is 0.497 e. The van der Waals surface area contributed by atoms with Gasteiger partial charge in [0.1, 0.15) is 16.5 Å². The molecule has 0 spiro atoms. The van der Waals surface area contributed by atoms with Crippen LogP contribution in [0.15, 0.2) is 66.9 Å². The Morgan fingerprint density at radius 2 is 1.59 bits per heavy atom. The molecule has 0 saturated carbocycles. The van der Waals surface area contributed by atoms with Crippen LogP contribution in [-0.2, 0) is 11.3 Å². The van der Waals surface area contributed by atoms with Gasteiger partial charge in [0.05, 0.1) is 30.5 Å². The smallest absolute Gasteiger partial charge is 0.303 e. The highest BCUT2D eigenvalue weighted by atomic mass is 32.1. The van der Waals surface area contributed by atoms with Crippen LogP contribution in [0.1, 0.15) is 12.8 Å². The molecular weight excluding hydrogens is 424 g/mol. The van der Waals surface area contributed by atoms with Gasteiger partial charge < -0.3 is 19.1 Å². The van der Waals surface area contributed by atoms with Gasteiger partial charge in [-0.25, -0.2) is 4.98 Å². The minimum atomic E-state index is -0.781. The minimum absolute atomic E-state index is 0.143. The standard InChI is InChI=1S/C25H24N2O4S/c1-30-19-11-7-17(8-12-19)23-24(18-9-13-20(31-2)14-10-18)32-25(26-23)21-5-3-15-27(21)16-4-6-22(28)29/h3,5,7-15H,4,6,16H2,1-2H3,(H,28,29). The van der Waals surface area contributed by atoms with Crippen molar-refractivity contribution in [3.63, 3.8) is 0 Å². The summed E-state index contributed by atoms with van der Waals surface area (Å²) in [6, 6.07) is 19.8. The number of aliphatic carboxylic acids is 1. The number of hydrogen-bond acceptors (Lipinski definition) is 5. The lowest BCUT2D eigenvalue weighted by atomic mass is 10.1. The Bertz CT molecular complexity index is 1130. The van der Waals surface area contributed by atoms with E-state index in [4.69, 9.17) is 19.6 Å². The summed E-state index contributed by atoms with van der Waals surface area (Å²) >= 11 is 1.62. The molecule has 7 heteroatoms. The van der Waals surface area contributed by atoms with E-state index in [0.29, 0.717) is 13.0 Å². The molecule has 4 aromatic rings. The van der Waals surface area contributed by atoms with E-state index in [1.54, 1.807) is 25.6 Å². The molecule has 0 radical (unpaired) electrons. The number of aryl methyl sites for hydroxylation is 1. The van der Waals surface area contributed by atoms with Gasteiger partial charge in [-0.15, -0.1) is 11.3 Å². The lowest BCUT2D eigenvalue weighted by molar-refractivity contribution is -0.137. The Morgan fingerprint density at radius 3 is 2.19 bits per heavy atom. The van der Waals surface area contributed by atoms with Gasteiger partial charge in [-0.2, -0.15) is 0 Å². The molecule has 6 nitrogen and oxygen atoms in total. The van der Waals surface area contributed by atoms with Gasteiger partial charge in [0, 0.05) is 24.7 Å². The maximum atomic E-state index is 10.9. The zero-order chi connectivity index (χ0) is 22.5. The number of carboxylic acids is 1. The van der Waals surface area contributed by atoms with Gasteiger partial charge in [0.25, 0.3) is 0 Å². The summed E-state index contributed by atoms with van der Waals surface area (Å²) in [5.74, 6) is 0.816. The molecular formula is C25H24N2O4S. The third-order valence-corrected chi connectivity index (χ3v) is 6.31. The number of rotatable bonds is 9. The highest BCUT2D eigenvalue weighted by Gasteiger charge is 2.18. The lowest BCUT2D eigenvalue weighted by Crippen LogP contribution is -2.02. The number of nitrogens with zero attached hydrogens (tertiary/aromatic N) is 2. The van der Waals surface area contributed by atoms with Crippen LogP contribution < -0.4 is 9.47 Å². The number of hydrogen-bond donors (Lipinski definition) is 1. The zero-order valence-electron chi connectivity index (χ0n) is 17.9. The zero-order valence-corrected chi connectivity index (χ0v) is 18.8. The molecule has 2 aromatic carbocycles. The molecule has 0 aliphatic carbocycles. The average Bonchev–Trinajstić information content (AvgIpc) is 3.46. The first-order valence-electron chi connectivity index (χ1n) is 10.3. The molecule has 0 atom stereocenters. The molecule has 2 aromatic heterocycles. The van der Waals surface area contributed by atoms with Crippen molar-refractivity contribution in [2.45, 2.75) is 19.4 Å². The second-order valence-corrected chi connectivity index (χ2v) is 8.24. The summed E-state index contributed by atoms with van der Waals surface area (Å²) < 4.78 is 12.7. The van der Waals surface area contributed by atoms with Crippen LogP contribution in [-0.4, -0.2) is 34.8 Å². The van der Waals surface area contributed by atoms with Crippen molar-refractivity contribution < 1.29 is 19.4 Å². The number of benzene rings is 2. The third kappa shape index (κ3) is 4.68. The number of carboxylic acid groups (broad SMARTS) is 1. The average molecular weight is 449 g/mol. The predicted octanol–water partition coefficient (Wildman–Crippen LogP) is 5.83. The van der Waals surface area contributed by atoms with E-state index in [-0.39, 0.29) is 6.42 Å². The second-order valence-electron chi connectivity index (χ2n) is 7.24. The topological polar surface area (TPSA) is 73.6 Å². The maximum Gasteiger partial charge on any atom is 0.303 e. The molecule has 32 heavy (non-hydrogen) atoms. The second kappa shape index (κ2) is 9.70. The summed E-state index contributed by atoms with van der Waals surface area (Å²) in [6.45, 7) is 0.629. The van der Waals surface area contributed by atoms with E-state index < -0.39 is 5.97 Å². The lowest BCUT2D eigenvalue weighted by Gasteiger charge is -2.06. The number of aromatic nitrogens is 2. The molecule has 0 aliphatic rings. The molecule has 0 unspecified atom stereocenters. The van der Waals surface area contributed by atoms with Gasteiger partial charge in [-0.05, 0) is 72.6 Å². The van der Waals surface area contributed by atoms with Crippen molar-refractivity contribution in [1.29, 1.82) is 0 Å². The highest BCUT2D eigenvalue weighted by molar-refractivity contribution is 7.18. The first kappa shape index (κ1) is 21.6. The summed E-state index contributed by atoms with van der Waals surface area (Å²) in [6.07, 6.45) is 2.68. The van der Waals surface area contributed by atoms with Crippen molar-refractivity contribution in [2.75, 3.05) is 14.2 Å². The van der Waals surface area contributed by atoms with Crippen molar-refractivity contribution >= 4 is 17.3 Å². The predicted molar refractivity (Wildman–Crippen MR) is 126 cm³/mol. The Kier molecular flexibility index (Phi) is 6.56. The van der Waals surface area contributed by atoms with Crippen LogP contribution in [0, 0.1) is 0 Å². The van der Waals surface area contributed by atoms with Crippen LogP contribution in [0.2, 0.25) is 0 Å². The number of thiazole rings is 1. The van der Waals surface area contributed by atoms with Gasteiger partial charge in [-0.1, -0.05) is 0 Å². The van der Waals surface area contributed by atoms with Gasteiger partial charge in [0.2, 0.25) is 0 Å². The summed E-state index contributed by atoms with van der Waals surface area (Å²) in [4.78, 5) is 17.0. The van der Waals surface area contributed by atoms with Gasteiger partial charge in [0.15, 0.2) is 0 Å². The first-order chi connectivity index (χ1) is 15.6. The van der Waals surface area contributed by atoms with Crippen LogP contribution in [0.3, 0.4) is 0 Å². The normalized spacial score (nSPS) is 10.8. The van der Waals surface area contributed by atoms with E-state index >= 15 is 0 Å². The third-order valence-electron chi connectivity index (χ3n) is 5.18. The van der Waals surface area contributed by atoms with Crippen molar-refractivity contribution in [2.24, 2.45) is 0 Å². The van der Waals surface area contributed by atoms with E-state index in [9.17, 15) is 4.79 Å². The fourth-order valence-corrected chi connectivity index (χ4v) is 4.65. The Morgan fingerprint density at radius 1 is 0.969 bits per heavy atom. The first-order valence-corrected chi connectivity index (χ1v) is 11.1. The molecule has 0 aliphatic heterocycles. The quantitative estimate of drug-likeness (QED) is 0.349. The van der Waals surface area contributed by atoms with Crippen LogP contribution in [0.4, 0.5) is 0 Å². The van der Waals surface area contributed by atoms with E-state index in [2.05, 4.69) is 4.57 Å². The fraction of sp³-hybridized carbons (Fsp3) is 0.200. The van der Waals surface area contributed by atoms with Gasteiger partial charge >= 0.3 is 5.97 Å². The van der Waals surface area contributed by atoms with Crippen molar-refractivity contribution in [1.82, 2.24) is 9.55 Å². The van der Waals surface area contributed by atoms with Crippen LogP contribution in [0.5, 0.6) is 11.5 Å². The number of carbonyl (C=O) groups is 1. The van der Waals surface area contributed by atoms with Crippen LogP contribution in [0.25, 0.3) is 32.4 Å². The Balaban J connectivity index is 1.75. The Labute approximate surface area is 190 Å². The van der Waals surface area contributed by atoms with E-state index in [0.717, 1.165) is 43.9 Å². The molecule has 0 saturated heterocycles. The molecule has 0 fully saturated rings. The SMILES string of the molecule is COc1ccc(-c2nc(-c3cccn3CCCC(=O)O)sc2-c2ccc(OC)cc2)cc1. The van der Waals surface area contributed by atoms with Crippen molar-refractivity contribution in [3.05, 3.63) is 66.9 Å². The molecule has 4 rings (SSSR count). The highest BCUT2D eigenvalue weighted by Crippen LogP contribution is 2.41. The fourth-order valence-electron chi connectivity index (χ4n) is 3.52. The minimum Gasteiger partial charge on any atom is -0.497 e. The molecule has 0 bridgehead atoms. The van der Waals surface area contributed by atoms with Crippen LogP contribution >= 0.6 is 11.3 Å². The molecule has 2 heterocycles. The summed E-state index contributed by atoms with van der Waals surface area (Å²) in [5, 5.41) is 9.85. The van der Waals surface area contributed by atoms with E-state index in [1.165, 1.54) is 0 Å². The van der Waals surface area contributed by atoms with Gasteiger partial charge in [-0.3, -0.25) is 4.79 Å². The number of ether oxygens (including phenoxy) is 2. The Hall–Kier alpha value is -3.58. The monoisotopic (exact) mass is 448 g/mol. The molecule has 1 N–H and O–H groups in total. The molecule has 0 amide bonds. The maximum absolute atomic E-state index is 10.9. The summed E-state index contributed by atoms with van der Waals surface area (Å²) in [7, 11) is 3.30.